The number of hydrogen-bond acceptors (Lipinski definition) is 5. The predicted molar refractivity (Wildman–Crippen MR) is 114 cm³/mol. The summed E-state index contributed by atoms with van der Waals surface area (Å²) in [6.07, 6.45) is -4.42. The summed E-state index contributed by atoms with van der Waals surface area (Å²) in [6, 6.07) is 4.86. The van der Waals surface area contributed by atoms with Gasteiger partial charge >= 0.3 is 6.18 Å². The zero-order chi connectivity index (χ0) is 22.1. The van der Waals surface area contributed by atoms with E-state index in [4.69, 9.17) is 0 Å². The molecule has 1 aromatic carbocycles. The SMILES string of the molecule is Cc1sc2nc(CSC(C)C(=O)NCc3cccc(C(F)(F)F)c3)[nH]c(=O)c2c1C. The van der Waals surface area contributed by atoms with Gasteiger partial charge in [0.15, 0.2) is 0 Å². The maximum absolute atomic E-state index is 12.8. The number of hydrogen-bond donors (Lipinski definition) is 2. The zero-order valence-corrected chi connectivity index (χ0v) is 18.1. The number of rotatable bonds is 6. The van der Waals surface area contributed by atoms with Crippen molar-refractivity contribution in [2.24, 2.45) is 0 Å². The number of aryl methyl sites for hydroxylation is 2. The Hall–Kier alpha value is -2.33. The van der Waals surface area contributed by atoms with Gasteiger partial charge in [0.25, 0.3) is 5.56 Å². The summed E-state index contributed by atoms with van der Waals surface area (Å²) in [5.41, 5.74) is 0.348. The highest BCUT2D eigenvalue weighted by molar-refractivity contribution is 7.99. The van der Waals surface area contributed by atoms with Crippen LogP contribution in [0.5, 0.6) is 0 Å². The van der Waals surface area contributed by atoms with Crippen molar-refractivity contribution >= 4 is 39.2 Å². The van der Waals surface area contributed by atoms with E-state index in [1.165, 1.54) is 35.2 Å². The number of carbonyl (C=O) groups excluding carboxylic acids is 1. The third kappa shape index (κ3) is 5.04. The summed E-state index contributed by atoms with van der Waals surface area (Å²) in [7, 11) is 0. The van der Waals surface area contributed by atoms with Gasteiger partial charge < -0.3 is 10.3 Å². The molecule has 1 amide bonds. The summed E-state index contributed by atoms with van der Waals surface area (Å²) in [5.74, 6) is 0.513. The minimum Gasteiger partial charge on any atom is -0.351 e. The maximum Gasteiger partial charge on any atom is 0.416 e. The normalized spacial score (nSPS) is 12.9. The molecule has 0 bridgehead atoms. The van der Waals surface area contributed by atoms with E-state index in [0.717, 1.165) is 22.6 Å². The maximum atomic E-state index is 12.8. The van der Waals surface area contributed by atoms with Crippen molar-refractivity contribution in [3.8, 4) is 0 Å². The van der Waals surface area contributed by atoms with Gasteiger partial charge in [0.2, 0.25) is 5.91 Å². The minimum absolute atomic E-state index is 0.00243. The Labute approximate surface area is 179 Å². The first-order valence-corrected chi connectivity index (χ1v) is 11.0. The fourth-order valence-electron chi connectivity index (χ4n) is 2.84. The number of aromatic nitrogens is 2. The van der Waals surface area contributed by atoms with Crippen LogP contribution in [0, 0.1) is 13.8 Å². The Morgan fingerprint density at radius 3 is 2.77 bits per heavy atom. The summed E-state index contributed by atoms with van der Waals surface area (Å²) >= 11 is 2.74. The first kappa shape index (κ1) is 22.4. The molecule has 1 unspecified atom stereocenters. The molecule has 1 atom stereocenters. The zero-order valence-electron chi connectivity index (χ0n) is 16.5. The lowest BCUT2D eigenvalue weighted by Gasteiger charge is -2.13. The van der Waals surface area contributed by atoms with E-state index >= 15 is 0 Å². The number of amides is 1. The van der Waals surface area contributed by atoms with E-state index in [-0.39, 0.29) is 18.0 Å². The van der Waals surface area contributed by atoms with E-state index in [1.807, 2.05) is 13.8 Å². The molecule has 0 saturated heterocycles. The Balaban J connectivity index is 1.59. The van der Waals surface area contributed by atoms with E-state index in [9.17, 15) is 22.8 Å². The van der Waals surface area contributed by atoms with Gasteiger partial charge in [-0.25, -0.2) is 4.98 Å². The molecular weight excluding hydrogens is 435 g/mol. The van der Waals surface area contributed by atoms with Gasteiger partial charge in [0.05, 0.1) is 22.0 Å². The Morgan fingerprint density at radius 2 is 2.07 bits per heavy atom. The molecule has 160 valence electrons. The van der Waals surface area contributed by atoms with Crippen LogP contribution in [0.15, 0.2) is 29.1 Å². The fraction of sp³-hybridized carbons (Fsp3) is 0.350. The van der Waals surface area contributed by atoms with Crippen molar-refractivity contribution in [1.82, 2.24) is 15.3 Å². The number of thioether (sulfide) groups is 1. The van der Waals surface area contributed by atoms with Crippen LogP contribution >= 0.6 is 23.1 Å². The first-order valence-electron chi connectivity index (χ1n) is 9.10. The standard InChI is InChI=1S/C20H20F3N3O2S2/c1-10-11(2)30-19-16(10)18(28)25-15(26-19)9-29-12(3)17(27)24-8-13-5-4-6-14(7-13)20(21,22)23/h4-7,12H,8-9H2,1-3H3,(H,24,27)(H,25,26,28). The fourth-order valence-corrected chi connectivity index (χ4v) is 4.67. The summed E-state index contributed by atoms with van der Waals surface area (Å²) in [5, 5.41) is 2.77. The Kier molecular flexibility index (Phi) is 6.56. The average Bonchev–Trinajstić information content (AvgIpc) is 2.97. The van der Waals surface area contributed by atoms with Gasteiger partial charge in [-0.3, -0.25) is 9.59 Å². The van der Waals surface area contributed by atoms with Gasteiger partial charge in [0, 0.05) is 11.4 Å². The van der Waals surface area contributed by atoms with Crippen LogP contribution < -0.4 is 10.9 Å². The lowest BCUT2D eigenvalue weighted by atomic mass is 10.1. The van der Waals surface area contributed by atoms with Crippen LogP contribution in [0.3, 0.4) is 0 Å². The van der Waals surface area contributed by atoms with Crippen molar-refractivity contribution < 1.29 is 18.0 Å². The summed E-state index contributed by atoms with van der Waals surface area (Å²) < 4.78 is 38.4. The van der Waals surface area contributed by atoms with E-state index < -0.39 is 17.0 Å². The molecule has 0 aliphatic heterocycles. The average molecular weight is 456 g/mol. The number of thiophene rings is 1. The van der Waals surface area contributed by atoms with Crippen molar-refractivity contribution in [2.75, 3.05) is 0 Å². The lowest BCUT2D eigenvalue weighted by molar-refractivity contribution is -0.137. The number of benzene rings is 1. The van der Waals surface area contributed by atoms with Crippen molar-refractivity contribution in [1.29, 1.82) is 0 Å². The molecular formula is C20H20F3N3O2S2. The molecule has 0 spiro atoms. The molecule has 2 N–H and O–H groups in total. The highest BCUT2D eigenvalue weighted by atomic mass is 32.2. The Morgan fingerprint density at radius 1 is 1.33 bits per heavy atom. The van der Waals surface area contributed by atoms with Crippen LogP contribution in [0.1, 0.15) is 34.3 Å². The summed E-state index contributed by atoms with van der Waals surface area (Å²) in [4.78, 5) is 33.6. The highest BCUT2D eigenvalue weighted by Crippen LogP contribution is 2.29. The van der Waals surface area contributed by atoms with Crippen LogP contribution in [0.2, 0.25) is 0 Å². The van der Waals surface area contributed by atoms with E-state index in [0.29, 0.717) is 27.4 Å². The third-order valence-electron chi connectivity index (χ3n) is 4.65. The molecule has 0 fully saturated rings. The van der Waals surface area contributed by atoms with Gasteiger partial charge in [-0.2, -0.15) is 13.2 Å². The van der Waals surface area contributed by atoms with Crippen LogP contribution in [-0.2, 0) is 23.3 Å². The number of H-pyrrole nitrogens is 1. The van der Waals surface area contributed by atoms with E-state index in [2.05, 4.69) is 15.3 Å². The second-order valence-electron chi connectivity index (χ2n) is 6.85. The van der Waals surface area contributed by atoms with Gasteiger partial charge in [-0.15, -0.1) is 23.1 Å². The molecule has 2 heterocycles. The number of alkyl halides is 3. The highest BCUT2D eigenvalue weighted by Gasteiger charge is 2.30. The van der Waals surface area contributed by atoms with Crippen LogP contribution in [-0.4, -0.2) is 21.1 Å². The number of nitrogens with zero attached hydrogens (tertiary/aromatic N) is 1. The predicted octanol–water partition coefficient (Wildman–Crippen LogP) is 4.56. The third-order valence-corrected chi connectivity index (χ3v) is 6.90. The first-order chi connectivity index (χ1) is 14.1. The smallest absolute Gasteiger partial charge is 0.351 e. The quantitative estimate of drug-likeness (QED) is 0.572. The molecule has 0 aliphatic carbocycles. The van der Waals surface area contributed by atoms with Gasteiger partial charge in [0.1, 0.15) is 10.7 Å². The Bertz CT molecular complexity index is 1140. The van der Waals surface area contributed by atoms with Crippen LogP contribution in [0.4, 0.5) is 13.2 Å². The molecule has 0 saturated carbocycles. The second-order valence-corrected chi connectivity index (χ2v) is 9.38. The number of carbonyl (C=O) groups is 1. The summed E-state index contributed by atoms with van der Waals surface area (Å²) in [6.45, 7) is 5.52. The topological polar surface area (TPSA) is 74.8 Å². The molecule has 0 radical (unpaired) electrons. The number of halogens is 3. The number of aromatic amines is 1. The molecule has 0 aliphatic rings. The van der Waals surface area contributed by atoms with Crippen molar-refractivity contribution in [3.05, 3.63) is 62.0 Å². The monoisotopic (exact) mass is 455 g/mol. The minimum atomic E-state index is -4.42. The van der Waals surface area contributed by atoms with Gasteiger partial charge in [-0.05, 0) is 44.0 Å². The molecule has 5 nitrogen and oxygen atoms in total. The van der Waals surface area contributed by atoms with Crippen LogP contribution in [0.25, 0.3) is 10.2 Å². The molecule has 10 heteroatoms. The second kappa shape index (κ2) is 8.81. The largest absolute Gasteiger partial charge is 0.416 e. The number of fused-ring (bicyclic) bond motifs is 1. The van der Waals surface area contributed by atoms with Crippen molar-refractivity contribution in [3.63, 3.8) is 0 Å². The molecule has 2 aromatic heterocycles. The number of nitrogens with one attached hydrogen (secondary N) is 2. The molecule has 3 aromatic rings. The van der Waals surface area contributed by atoms with Crippen molar-refractivity contribution in [2.45, 2.75) is 44.5 Å². The molecule has 3 rings (SSSR count). The van der Waals surface area contributed by atoms with E-state index in [1.54, 1.807) is 6.92 Å². The lowest BCUT2D eigenvalue weighted by Crippen LogP contribution is -2.30. The van der Waals surface area contributed by atoms with Gasteiger partial charge in [-0.1, -0.05) is 12.1 Å². The molecule has 30 heavy (non-hydrogen) atoms.